The zero-order valence-corrected chi connectivity index (χ0v) is 27.6. The lowest BCUT2D eigenvalue weighted by Crippen LogP contribution is -2.59. The lowest BCUT2D eigenvalue weighted by Gasteiger charge is -2.63. The van der Waals surface area contributed by atoms with E-state index in [2.05, 4.69) is 34.6 Å². The number of ketones is 1. The summed E-state index contributed by atoms with van der Waals surface area (Å²) < 4.78 is 25.9. The molecule has 42 heavy (non-hydrogen) atoms. The Morgan fingerprint density at radius 2 is 1.43 bits per heavy atom. The van der Waals surface area contributed by atoms with Gasteiger partial charge < -0.3 is 18.9 Å². The highest BCUT2D eigenvalue weighted by Gasteiger charge is 2.63. The van der Waals surface area contributed by atoms with Crippen molar-refractivity contribution in [3.63, 3.8) is 0 Å². The standard InChI is InChI=1S/C37H62O5/c1-24(2)32(38)15-12-25(3)28-13-14-29-27-23-33(42-35-11-7-9-21-40-35)31-22-26(41-34-10-6-8-20-39-34)16-18-37(31,5)30(27)17-19-36(28,29)4/h24-31,33-35H,6-23H2,1-5H3/t25-,26?,27+,28-,29+,30+,31?,33?,34?,35?,36-,37-/m1/s1. The molecule has 5 nitrogen and oxygen atoms in total. The van der Waals surface area contributed by atoms with Crippen LogP contribution in [0.15, 0.2) is 0 Å². The van der Waals surface area contributed by atoms with Gasteiger partial charge >= 0.3 is 0 Å². The van der Waals surface area contributed by atoms with E-state index >= 15 is 0 Å². The van der Waals surface area contributed by atoms with Crippen LogP contribution < -0.4 is 0 Å². The zero-order valence-electron chi connectivity index (χ0n) is 27.6. The molecule has 12 atom stereocenters. The molecule has 6 aliphatic rings. The molecular formula is C37H62O5. The summed E-state index contributed by atoms with van der Waals surface area (Å²) in [6, 6.07) is 0. The van der Waals surface area contributed by atoms with Crippen molar-refractivity contribution >= 4 is 5.78 Å². The molecule has 5 heteroatoms. The first kappa shape index (κ1) is 31.5. The highest BCUT2D eigenvalue weighted by Crippen LogP contribution is 2.69. The highest BCUT2D eigenvalue weighted by molar-refractivity contribution is 5.80. The van der Waals surface area contributed by atoms with Gasteiger partial charge in [-0.25, -0.2) is 0 Å². The van der Waals surface area contributed by atoms with Crippen LogP contribution in [0.1, 0.15) is 137 Å². The Balaban J connectivity index is 1.19. The third-order valence-corrected chi connectivity index (χ3v) is 13.8. The number of hydrogen-bond donors (Lipinski definition) is 0. The Morgan fingerprint density at radius 1 is 0.762 bits per heavy atom. The zero-order chi connectivity index (χ0) is 29.5. The van der Waals surface area contributed by atoms with Crippen LogP contribution >= 0.6 is 0 Å². The summed E-state index contributed by atoms with van der Waals surface area (Å²) in [5, 5.41) is 0. The second kappa shape index (κ2) is 13.1. The summed E-state index contributed by atoms with van der Waals surface area (Å²) in [5.41, 5.74) is 0.708. The molecule has 2 aliphatic heterocycles. The van der Waals surface area contributed by atoms with Crippen molar-refractivity contribution in [3.05, 3.63) is 0 Å². The summed E-state index contributed by atoms with van der Waals surface area (Å²) in [4.78, 5) is 12.5. The summed E-state index contributed by atoms with van der Waals surface area (Å²) in [6.07, 6.45) is 19.4. The molecule has 4 saturated carbocycles. The number of rotatable bonds is 9. The second-order valence-corrected chi connectivity index (χ2v) is 16.4. The molecule has 2 heterocycles. The quantitative estimate of drug-likeness (QED) is 0.253. The van der Waals surface area contributed by atoms with Crippen LogP contribution in [0.5, 0.6) is 0 Å². The molecule has 2 saturated heterocycles. The third-order valence-electron chi connectivity index (χ3n) is 13.8. The van der Waals surface area contributed by atoms with Gasteiger partial charge in [-0.2, -0.15) is 0 Å². The van der Waals surface area contributed by atoms with Gasteiger partial charge in [-0.3, -0.25) is 4.79 Å². The van der Waals surface area contributed by atoms with Gasteiger partial charge in [0.15, 0.2) is 12.6 Å². The van der Waals surface area contributed by atoms with E-state index in [0.717, 1.165) is 81.8 Å². The average Bonchev–Trinajstić information content (AvgIpc) is 3.35. The Kier molecular flexibility index (Phi) is 9.81. The van der Waals surface area contributed by atoms with Gasteiger partial charge in [0.25, 0.3) is 0 Å². The minimum absolute atomic E-state index is 0.00544. The van der Waals surface area contributed by atoms with Crippen LogP contribution in [-0.2, 0) is 23.7 Å². The molecule has 0 aromatic rings. The fourth-order valence-corrected chi connectivity index (χ4v) is 11.4. The van der Waals surface area contributed by atoms with Gasteiger partial charge in [-0.1, -0.05) is 34.6 Å². The summed E-state index contributed by atoms with van der Waals surface area (Å²) in [6.45, 7) is 13.6. The van der Waals surface area contributed by atoms with E-state index in [0.29, 0.717) is 34.6 Å². The van der Waals surface area contributed by atoms with E-state index in [1.54, 1.807) is 0 Å². The molecule has 0 N–H and O–H groups in total. The summed E-state index contributed by atoms with van der Waals surface area (Å²) >= 11 is 0. The smallest absolute Gasteiger partial charge is 0.157 e. The molecule has 6 fully saturated rings. The monoisotopic (exact) mass is 586 g/mol. The topological polar surface area (TPSA) is 54.0 Å². The van der Waals surface area contributed by atoms with Crippen molar-refractivity contribution in [1.82, 2.24) is 0 Å². The number of ether oxygens (including phenoxy) is 4. The maximum Gasteiger partial charge on any atom is 0.157 e. The third kappa shape index (κ3) is 6.16. The molecule has 4 aliphatic carbocycles. The lowest BCUT2D eigenvalue weighted by molar-refractivity contribution is -0.261. The minimum Gasteiger partial charge on any atom is -0.353 e. The average molecular weight is 587 g/mol. The first-order valence-corrected chi connectivity index (χ1v) is 18.3. The molecule has 6 rings (SSSR count). The summed E-state index contributed by atoms with van der Waals surface area (Å²) in [5.74, 6) is 4.83. The van der Waals surface area contributed by atoms with Gasteiger partial charge in [0.2, 0.25) is 0 Å². The van der Waals surface area contributed by atoms with Gasteiger partial charge in [0.05, 0.1) is 12.2 Å². The van der Waals surface area contributed by atoms with Gasteiger partial charge in [-0.15, -0.1) is 0 Å². The van der Waals surface area contributed by atoms with Crippen LogP contribution in [0.25, 0.3) is 0 Å². The molecular weight excluding hydrogens is 524 g/mol. The molecule has 5 unspecified atom stereocenters. The van der Waals surface area contributed by atoms with Crippen molar-refractivity contribution in [2.24, 2.45) is 52.3 Å². The van der Waals surface area contributed by atoms with Crippen LogP contribution in [0, 0.1) is 52.3 Å². The first-order valence-electron chi connectivity index (χ1n) is 18.3. The molecule has 0 radical (unpaired) electrons. The Hall–Kier alpha value is -0.490. The fourth-order valence-electron chi connectivity index (χ4n) is 11.4. The van der Waals surface area contributed by atoms with Crippen LogP contribution in [-0.4, -0.2) is 43.8 Å². The maximum absolute atomic E-state index is 12.5. The van der Waals surface area contributed by atoms with E-state index in [4.69, 9.17) is 18.9 Å². The van der Waals surface area contributed by atoms with Gasteiger partial charge in [0.1, 0.15) is 5.78 Å². The van der Waals surface area contributed by atoms with Crippen molar-refractivity contribution in [2.75, 3.05) is 13.2 Å². The Bertz CT molecular complexity index is 908. The largest absolute Gasteiger partial charge is 0.353 e. The lowest BCUT2D eigenvalue weighted by atomic mass is 9.43. The number of carbonyl (C=O) groups is 1. The number of carbonyl (C=O) groups excluding carboxylic acids is 1. The highest BCUT2D eigenvalue weighted by atomic mass is 16.7. The predicted octanol–water partition coefficient (Wildman–Crippen LogP) is 8.72. The number of fused-ring (bicyclic) bond motifs is 5. The van der Waals surface area contributed by atoms with Crippen molar-refractivity contribution < 1.29 is 23.7 Å². The molecule has 0 aromatic carbocycles. The summed E-state index contributed by atoms with van der Waals surface area (Å²) in [7, 11) is 0. The van der Waals surface area contributed by atoms with E-state index in [1.165, 1.54) is 57.8 Å². The van der Waals surface area contributed by atoms with Crippen LogP contribution in [0.2, 0.25) is 0 Å². The van der Waals surface area contributed by atoms with Gasteiger partial charge in [0, 0.05) is 25.6 Å². The van der Waals surface area contributed by atoms with Crippen LogP contribution in [0.4, 0.5) is 0 Å². The van der Waals surface area contributed by atoms with Crippen LogP contribution in [0.3, 0.4) is 0 Å². The second-order valence-electron chi connectivity index (χ2n) is 16.4. The number of hydrogen-bond acceptors (Lipinski definition) is 5. The first-order chi connectivity index (χ1) is 20.2. The van der Waals surface area contributed by atoms with E-state index in [9.17, 15) is 4.79 Å². The predicted molar refractivity (Wildman–Crippen MR) is 166 cm³/mol. The molecule has 0 bridgehead atoms. The van der Waals surface area contributed by atoms with Gasteiger partial charge in [-0.05, 0) is 143 Å². The van der Waals surface area contributed by atoms with Crippen molar-refractivity contribution in [2.45, 2.75) is 162 Å². The number of Topliss-reactive ketones (excluding diaryl/α,β-unsaturated/α-hetero) is 1. The van der Waals surface area contributed by atoms with Crippen molar-refractivity contribution in [1.29, 1.82) is 0 Å². The van der Waals surface area contributed by atoms with E-state index in [1.807, 2.05) is 0 Å². The minimum atomic E-state index is -0.0302. The molecule has 0 amide bonds. The molecule has 0 aromatic heterocycles. The molecule has 240 valence electrons. The Morgan fingerprint density at radius 3 is 2.10 bits per heavy atom. The van der Waals surface area contributed by atoms with E-state index < -0.39 is 0 Å². The Labute approximate surface area is 256 Å². The SMILES string of the molecule is CC(C)C(=O)CC[C@@H](C)[C@H]1CC[C@H]2[C@@H]3CC(OC4CCCCO4)C4CC(OC5CCCCO5)CC[C@]4(C)[C@H]3CC[C@]12C. The van der Waals surface area contributed by atoms with E-state index in [-0.39, 0.29) is 24.6 Å². The fraction of sp³-hybridized carbons (Fsp3) is 0.973. The molecule has 0 spiro atoms. The normalized spacial score (nSPS) is 46.5. The maximum atomic E-state index is 12.5. The van der Waals surface area contributed by atoms with Crippen molar-refractivity contribution in [3.8, 4) is 0 Å².